The van der Waals surface area contributed by atoms with Gasteiger partial charge < -0.3 is 10.2 Å². The topological polar surface area (TPSA) is 88.3 Å². The minimum absolute atomic E-state index is 0.0700. The van der Waals surface area contributed by atoms with Crippen LogP contribution < -0.4 is 5.32 Å². The Kier molecular flexibility index (Phi) is 5.35. The summed E-state index contributed by atoms with van der Waals surface area (Å²) >= 11 is 6.02. The second-order valence-corrected chi connectivity index (χ2v) is 8.21. The van der Waals surface area contributed by atoms with Gasteiger partial charge in [-0.25, -0.2) is 4.63 Å². The van der Waals surface area contributed by atoms with Gasteiger partial charge in [-0.3, -0.25) is 9.59 Å². The largest absolute Gasteiger partial charge is 0.352 e. The molecule has 1 aromatic carbocycles. The summed E-state index contributed by atoms with van der Waals surface area (Å²) in [4.78, 5) is 27.1. The first-order valence-corrected chi connectivity index (χ1v) is 9.97. The fourth-order valence-corrected chi connectivity index (χ4v) is 4.61. The van der Waals surface area contributed by atoms with Gasteiger partial charge in [0.15, 0.2) is 0 Å². The van der Waals surface area contributed by atoms with Gasteiger partial charge >= 0.3 is 0 Å². The quantitative estimate of drug-likeness (QED) is 0.828. The third-order valence-corrected chi connectivity index (χ3v) is 6.07. The maximum absolute atomic E-state index is 12.7. The Bertz CT molecular complexity index is 870. The first kappa shape index (κ1) is 18.9. The third kappa shape index (κ3) is 4.04. The van der Waals surface area contributed by atoms with Crippen LogP contribution in [0.2, 0.25) is 5.02 Å². The number of hydrogen-bond donors (Lipinski definition) is 1. The van der Waals surface area contributed by atoms with Gasteiger partial charge in [0.25, 0.3) is 0 Å². The molecule has 1 aliphatic carbocycles. The van der Waals surface area contributed by atoms with Crippen LogP contribution in [0.4, 0.5) is 0 Å². The molecule has 2 amide bonds. The molecule has 2 bridgehead atoms. The van der Waals surface area contributed by atoms with Crippen molar-refractivity contribution >= 4 is 23.4 Å². The summed E-state index contributed by atoms with van der Waals surface area (Å²) in [5.41, 5.74) is 2.13. The summed E-state index contributed by atoms with van der Waals surface area (Å²) in [5.74, 6) is 0.637. The van der Waals surface area contributed by atoms with Crippen LogP contribution in [0, 0.1) is 18.8 Å². The molecule has 1 aliphatic heterocycles. The van der Waals surface area contributed by atoms with E-state index in [1.165, 1.54) is 0 Å². The molecule has 1 unspecified atom stereocenters. The summed E-state index contributed by atoms with van der Waals surface area (Å²) in [7, 11) is 0. The van der Waals surface area contributed by atoms with Gasteiger partial charge in [0.2, 0.25) is 11.8 Å². The first-order valence-electron chi connectivity index (χ1n) is 9.59. The Morgan fingerprint density at radius 2 is 1.96 bits per heavy atom. The molecule has 1 saturated heterocycles. The number of nitrogens with zero attached hydrogens (tertiary/aromatic N) is 3. The van der Waals surface area contributed by atoms with Crippen LogP contribution in [0.25, 0.3) is 0 Å². The van der Waals surface area contributed by atoms with E-state index in [1.54, 1.807) is 13.0 Å². The zero-order chi connectivity index (χ0) is 19.7. The minimum Gasteiger partial charge on any atom is -0.352 e. The monoisotopic (exact) mass is 402 g/mol. The summed E-state index contributed by atoms with van der Waals surface area (Å²) < 4.78 is 4.65. The van der Waals surface area contributed by atoms with Crippen molar-refractivity contribution in [3.05, 3.63) is 46.2 Å². The van der Waals surface area contributed by atoms with Crippen LogP contribution in [-0.4, -0.2) is 46.2 Å². The molecule has 0 radical (unpaired) electrons. The highest BCUT2D eigenvalue weighted by Crippen LogP contribution is 2.37. The molecule has 2 heterocycles. The highest BCUT2D eigenvalue weighted by Gasteiger charge is 2.43. The number of carbonyl (C=O) groups excluding carboxylic acids is 2. The summed E-state index contributed by atoms with van der Waals surface area (Å²) in [6.07, 6.45) is 2.58. The van der Waals surface area contributed by atoms with E-state index in [9.17, 15) is 9.59 Å². The van der Waals surface area contributed by atoms with Gasteiger partial charge in [-0.15, -0.1) is 0 Å². The van der Waals surface area contributed by atoms with Gasteiger partial charge in [0.05, 0.1) is 12.8 Å². The molecule has 2 fully saturated rings. The van der Waals surface area contributed by atoms with Crippen molar-refractivity contribution in [3.63, 3.8) is 0 Å². The van der Waals surface area contributed by atoms with Crippen LogP contribution in [0.1, 0.15) is 29.8 Å². The zero-order valence-corrected chi connectivity index (χ0v) is 16.5. The van der Waals surface area contributed by atoms with E-state index in [-0.39, 0.29) is 24.3 Å². The van der Waals surface area contributed by atoms with Crippen molar-refractivity contribution < 1.29 is 14.2 Å². The van der Waals surface area contributed by atoms with Crippen LogP contribution in [-0.2, 0) is 22.4 Å². The zero-order valence-electron chi connectivity index (χ0n) is 15.7. The number of piperidine rings is 1. The number of likely N-dealkylation sites (tertiary alicyclic amines) is 1. The number of carbonyl (C=O) groups is 2. The molecular weight excluding hydrogens is 380 g/mol. The highest BCUT2D eigenvalue weighted by molar-refractivity contribution is 6.30. The fourth-order valence-electron chi connectivity index (χ4n) is 4.39. The fraction of sp³-hybridized carbons (Fsp3) is 0.500. The van der Waals surface area contributed by atoms with E-state index in [2.05, 4.69) is 20.3 Å². The molecule has 3 atom stereocenters. The Balaban J connectivity index is 1.34. The van der Waals surface area contributed by atoms with Crippen molar-refractivity contribution in [1.82, 2.24) is 20.5 Å². The molecule has 0 spiro atoms. The van der Waals surface area contributed by atoms with Crippen molar-refractivity contribution in [3.8, 4) is 0 Å². The molecular formula is C20H23ClN4O3. The Labute approximate surface area is 168 Å². The SMILES string of the molecule is Cc1nonc1CC(=O)NC1[C@@H]2CC[C@H]1CN(C(=O)Cc1cccc(Cl)c1)C2. The van der Waals surface area contributed by atoms with Crippen molar-refractivity contribution in [2.45, 2.75) is 38.6 Å². The molecule has 1 N–H and O–H groups in total. The van der Waals surface area contributed by atoms with Crippen LogP contribution in [0.5, 0.6) is 0 Å². The lowest BCUT2D eigenvalue weighted by Gasteiger charge is -2.38. The Hall–Kier alpha value is -2.41. The van der Waals surface area contributed by atoms with Crippen LogP contribution in [0.15, 0.2) is 28.9 Å². The van der Waals surface area contributed by atoms with E-state index >= 15 is 0 Å². The van der Waals surface area contributed by atoms with Gasteiger partial charge in [-0.1, -0.05) is 34.0 Å². The normalized spacial score (nSPS) is 23.6. The van der Waals surface area contributed by atoms with E-state index in [1.807, 2.05) is 23.1 Å². The number of nitrogens with one attached hydrogen (secondary N) is 1. The number of aromatic nitrogens is 2. The second kappa shape index (κ2) is 7.91. The maximum Gasteiger partial charge on any atom is 0.227 e. The number of benzene rings is 1. The van der Waals surface area contributed by atoms with Crippen molar-refractivity contribution in [2.24, 2.45) is 11.8 Å². The Morgan fingerprint density at radius 1 is 1.21 bits per heavy atom. The average Bonchev–Trinajstić information content (AvgIpc) is 3.13. The van der Waals surface area contributed by atoms with Gasteiger partial charge in [0, 0.05) is 24.2 Å². The number of fused-ring (bicyclic) bond motifs is 2. The minimum atomic E-state index is -0.0700. The summed E-state index contributed by atoms with van der Waals surface area (Å²) in [6.45, 7) is 3.14. The standard InChI is InChI=1S/C20H23ClN4O3/c1-12-17(24-28-23-12)9-18(26)22-20-14-5-6-15(20)11-25(10-14)19(27)8-13-3-2-4-16(21)7-13/h2-4,7,14-15,20H,5-6,8-11H2,1H3,(H,22,26)/t14-,15+,20?. The number of rotatable bonds is 5. The van der Waals surface area contributed by atoms with E-state index in [0.29, 0.717) is 47.8 Å². The smallest absolute Gasteiger partial charge is 0.227 e. The van der Waals surface area contributed by atoms with Crippen molar-refractivity contribution in [2.75, 3.05) is 13.1 Å². The molecule has 1 saturated carbocycles. The average molecular weight is 403 g/mol. The predicted molar refractivity (Wildman–Crippen MR) is 103 cm³/mol. The summed E-state index contributed by atoms with van der Waals surface area (Å²) in [5, 5.41) is 11.3. The molecule has 2 aliphatic rings. The van der Waals surface area contributed by atoms with Crippen LogP contribution in [0.3, 0.4) is 0 Å². The Morgan fingerprint density at radius 3 is 2.61 bits per heavy atom. The first-order chi connectivity index (χ1) is 13.5. The van der Waals surface area contributed by atoms with Gasteiger partial charge in [-0.05, 0) is 49.3 Å². The molecule has 148 valence electrons. The predicted octanol–water partition coefficient (Wildman–Crippen LogP) is 2.17. The highest BCUT2D eigenvalue weighted by atomic mass is 35.5. The van der Waals surface area contributed by atoms with Gasteiger partial charge in [0.1, 0.15) is 11.4 Å². The number of hydrogen-bond acceptors (Lipinski definition) is 5. The van der Waals surface area contributed by atoms with Crippen LogP contribution >= 0.6 is 11.6 Å². The molecule has 28 heavy (non-hydrogen) atoms. The van der Waals surface area contributed by atoms with Gasteiger partial charge in [-0.2, -0.15) is 0 Å². The van der Waals surface area contributed by atoms with E-state index in [4.69, 9.17) is 11.6 Å². The number of amides is 2. The molecule has 7 nitrogen and oxygen atoms in total. The number of aryl methyl sites for hydroxylation is 1. The lowest BCUT2D eigenvalue weighted by atomic mass is 9.91. The lowest BCUT2D eigenvalue weighted by Crippen LogP contribution is -2.54. The second-order valence-electron chi connectivity index (χ2n) is 7.77. The maximum atomic E-state index is 12.7. The van der Waals surface area contributed by atoms with Crippen molar-refractivity contribution in [1.29, 1.82) is 0 Å². The molecule has 2 aromatic rings. The van der Waals surface area contributed by atoms with E-state index in [0.717, 1.165) is 18.4 Å². The summed E-state index contributed by atoms with van der Waals surface area (Å²) in [6, 6.07) is 7.54. The number of halogens is 1. The molecule has 4 rings (SSSR count). The third-order valence-electron chi connectivity index (χ3n) is 5.83. The molecule has 1 aromatic heterocycles. The van der Waals surface area contributed by atoms with E-state index < -0.39 is 0 Å². The lowest BCUT2D eigenvalue weighted by molar-refractivity contribution is -0.133. The molecule has 8 heteroatoms.